The van der Waals surface area contributed by atoms with E-state index in [2.05, 4.69) is 9.71 Å². The number of hydrogen-bond acceptors (Lipinski definition) is 5. The molecule has 9 heteroatoms. The van der Waals surface area contributed by atoms with Crippen molar-refractivity contribution in [1.82, 2.24) is 4.98 Å². The number of carboxylic acids is 1. The van der Waals surface area contributed by atoms with Gasteiger partial charge in [-0.25, -0.2) is 18.2 Å². The number of pyridine rings is 1. The van der Waals surface area contributed by atoms with Crippen molar-refractivity contribution >= 4 is 44.6 Å². The average molecular weight is 333 g/mol. The quantitative estimate of drug-likeness (QED) is 0.897. The number of halogens is 1. The minimum absolute atomic E-state index is 0.0855. The van der Waals surface area contributed by atoms with Crippen molar-refractivity contribution in [3.63, 3.8) is 0 Å². The van der Waals surface area contributed by atoms with Crippen LogP contribution in [-0.4, -0.2) is 24.5 Å². The summed E-state index contributed by atoms with van der Waals surface area (Å²) in [7, 11) is -3.75. The van der Waals surface area contributed by atoms with E-state index in [1.54, 1.807) is 6.92 Å². The molecule has 0 atom stereocenters. The van der Waals surface area contributed by atoms with Crippen LogP contribution in [-0.2, 0) is 10.0 Å². The van der Waals surface area contributed by atoms with E-state index in [4.69, 9.17) is 16.7 Å². The van der Waals surface area contributed by atoms with Crippen molar-refractivity contribution in [3.8, 4) is 0 Å². The van der Waals surface area contributed by atoms with Crippen molar-refractivity contribution in [2.45, 2.75) is 11.1 Å². The van der Waals surface area contributed by atoms with Crippen molar-refractivity contribution < 1.29 is 18.3 Å². The Morgan fingerprint density at radius 2 is 2.15 bits per heavy atom. The molecule has 0 unspecified atom stereocenters. The van der Waals surface area contributed by atoms with Gasteiger partial charge in [0, 0.05) is 0 Å². The lowest BCUT2D eigenvalue weighted by Crippen LogP contribution is -2.12. The number of thiophene rings is 1. The van der Waals surface area contributed by atoms with Gasteiger partial charge in [-0.05, 0) is 30.7 Å². The largest absolute Gasteiger partial charge is 0.477 e. The third-order valence-electron chi connectivity index (χ3n) is 2.33. The van der Waals surface area contributed by atoms with Gasteiger partial charge >= 0.3 is 5.97 Å². The van der Waals surface area contributed by atoms with Crippen molar-refractivity contribution in [2.24, 2.45) is 0 Å². The number of anilines is 1. The van der Waals surface area contributed by atoms with Crippen LogP contribution in [0.4, 0.5) is 5.69 Å². The summed E-state index contributed by atoms with van der Waals surface area (Å²) in [5, 5.41) is 8.71. The second-order valence-corrected chi connectivity index (χ2v) is 7.43. The van der Waals surface area contributed by atoms with Crippen molar-refractivity contribution in [1.29, 1.82) is 0 Å². The second kappa shape index (κ2) is 5.39. The highest BCUT2D eigenvalue weighted by Crippen LogP contribution is 2.31. The average Bonchev–Trinajstić information content (AvgIpc) is 2.71. The maximum absolute atomic E-state index is 12.1. The van der Waals surface area contributed by atoms with Gasteiger partial charge in [0.2, 0.25) is 0 Å². The standard InChI is InChI=1S/C11H9ClN2O4S2/c1-6-4-9(19-10(6)12)20(17,18)14-7-2-3-8(11(15)16)13-5-7/h2-5,14H,1H3,(H,15,16). The second-order valence-electron chi connectivity index (χ2n) is 3.86. The molecule has 2 heterocycles. The molecule has 2 rings (SSSR count). The molecule has 0 fully saturated rings. The molecule has 2 aromatic rings. The van der Waals surface area contributed by atoms with Gasteiger partial charge in [-0.3, -0.25) is 4.72 Å². The number of aromatic carboxylic acids is 1. The molecule has 0 aromatic carbocycles. The Balaban J connectivity index is 2.26. The van der Waals surface area contributed by atoms with Crippen LogP contribution < -0.4 is 4.72 Å². The lowest BCUT2D eigenvalue weighted by molar-refractivity contribution is 0.0690. The Morgan fingerprint density at radius 3 is 2.60 bits per heavy atom. The topological polar surface area (TPSA) is 96.4 Å². The zero-order chi connectivity index (χ0) is 14.9. The highest BCUT2D eigenvalue weighted by atomic mass is 35.5. The third kappa shape index (κ3) is 3.09. The lowest BCUT2D eigenvalue weighted by Gasteiger charge is -2.05. The number of carbonyl (C=O) groups is 1. The number of hydrogen-bond donors (Lipinski definition) is 2. The number of nitrogens with one attached hydrogen (secondary N) is 1. The van der Waals surface area contributed by atoms with Gasteiger partial charge in [0.25, 0.3) is 10.0 Å². The normalized spacial score (nSPS) is 11.3. The van der Waals surface area contributed by atoms with Crippen LogP contribution in [0.3, 0.4) is 0 Å². The number of aromatic nitrogens is 1. The number of sulfonamides is 1. The Bertz CT molecular complexity index is 734. The van der Waals surface area contributed by atoms with E-state index >= 15 is 0 Å². The highest BCUT2D eigenvalue weighted by molar-refractivity contribution is 7.94. The smallest absolute Gasteiger partial charge is 0.354 e. The first kappa shape index (κ1) is 14.8. The molecule has 6 nitrogen and oxygen atoms in total. The summed E-state index contributed by atoms with van der Waals surface area (Å²) < 4.78 is 27.0. The van der Waals surface area contributed by atoms with E-state index in [1.165, 1.54) is 18.2 Å². The van der Waals surface area contributed by atoms with Gasteiger partial charge in [0.05, 0.1) is 16.2 Å². The predicted octanol–water partition coefficient (Wildman–Crippen LogP) is 2.60. The molecular weight excluding hydrogens is 324 g/mol. The molecule has 0 aliphatic heterocycles. The fourth-order valence-corrected chi connectivity index (χ4v) is 4.10. The van der Waals surface area contributed by atoms with E-state index in [1.807, 2.05) is 0 Å². The molecular formula is C11H9ClN2O4S2. The van der Waals surface area contributed by atoms with Crippen LogP contribution >= 0.6 is 22.9 Å². The fourth-order valence-electron chi connectivity index (χ4n) is 1.35. The van der Waals surface area contributed by atoms with E-state index in [0.29, 0.717) is 9.90 Å². The first-order valence-corrected chi connectivity index (χ1v) is 7.95. The summed E-state index contributed by atoms with van der Waals surface area (Å²) in [6.45, 7) is 1.71. The molecule has 2 N–H and O–H groups in total. The minimum atomic E-state index is -3.75. The summed E-state index contributed by atoms with van der Waals surface area (Å²) in [5.41, 5.74) is 0.691. The van der Waals surface area contributed by atoms with E-state index < -0.39 is 16.0 Å². The molecule has 0 spiro atoms. The zero-order valence-corrected chi connectivity index (χ0v) is 12.5. The SMILES string of the molecule is Cc1cc(S(=O)(=O)Nc2ccc(C(=O)O)nc2)sc1Cl. The Labute approximate surface area is 124 Å². The maximum Gasteiger partial charge on any atom is 0.354 e. The van der Waals surface area contributed by atoms with Crippen molar-refractivity contribution in [3.05, 3.63) is 40.0 Å². The van der Waals surface area contributed by atoms with Gasteiger partial charge in [-0.1, -0.05) is 11.6 Å². The fraction of sp³-hybridized carbons (Fsp3) is 0.0909. The van der Waals surface area contributed by atoms with Crippen LogP contribution in [0.5, 0.6) is 0 Å². The summed E-state index contributed by atoms with van der Waals surface area (Å²) in [4.78, 5) is 14.3. The highest BCUT2D eigenvalue weighted by Gasteiger charge is 2.19. The molecule has 0 radical (unpaired) electrons. The van der Waals surface area contributed by atoms with Crippen LogP contribution in [0.15, 0.2) is 28.6 Å². The number of carboxylic acid groups (broad SMARTS) is 1. The van der Waals surface area contributed by atoms with Crippen LogP contribution in [0.1, 0.15) is 16.1 Å². The summed E-state index contributed by atoms with van der Waals surface area (Å²) in [6, 6.07) is 4.01. The van der Waals surface area contributed by atoms with Gasteiger partial charge in [0.15, 0.2) is 0 Å². The van der Waals surface area contributed by atoms with Gasteiger partial charge < -0.3 is 5.11 Å². The summed E-state index contributed by atoms with van der Waals surface area (Å²) in [6.07, 6.45) is 1.14. The van der Waals surface area contributed by atoms with Crippen molar-refractivity contribution in [2.75, 3.05) is 4.72 Å². The molecule has 0 bridgehead atoms. The molecule has 0 saturated heterocycles. The van der Waals surface area contributed by atoms with Gasteiger partial charge in [-0.2, -0.15) is 0 Å². The lowest BCUT2D eigenvalue weighted by atomic mass is 10.3. The zero-order valence-electron chi connectivity index (χ0n) is 10.1. The number of nitrogens with zero attached hydrogens (tertiary/aromatic N) is 1. The van der Waals surface area contributed by atoms with E-state index in [0.717, 1.165) is 17.5 Å². The van der Waals surface area contributed by atoms with E-state index in [9.17, 15) is 13.2 Å². The number of rotatable bonds is 4. The van der Waals surface area contributed by atoms with Gasteiger partial charge in [0.1, 0.15) is 9.90 Å². The maximum atomic E-state index is 12.1. The Hall–Kier alpha value is -1.64. The molecule has 106 valence electrons. The van der Waals surface area contributed by atoms with Gasteiger partial charge in [-0.15, -0.1) is 11.3 Å². The number of aryl methyl sites for hydroxylation is 1. The molecule has 20 heavy (non-hydrogen) atoms. The molecule has 0 aliphatic rings. The third-order valence-corrected chi connectivity index (χ3v) is 5.74. The molecule has 0 aliphatic carbocycles. The summed E-state index contributed by atoms with van der Waals surface area (Å²) >= 11 is 6.79. The first-order valence-electron chi connectivity index (χ1n) is 5.28. The van der Waals surface area contributed by atoms with Crippen LogP contribution in [0.25, 0.3) is 0 Å². The predicted molar refractivity (Wildman–Crippen MR) is 76.1 cm³/mol. The van der Waals surface area contributed by atoms with Crippen LogP contribution in [0, 0.1) is 6.92 Å². The monoisotopic (exact) mass is 332 g/mol. The Morgan fingerprint density at radius 1 is 1.45 bits per heavy atom. The van der Waals surface area contributed by atoms with Crippen LogP contribution in [0.2, 0.25) is 4.34 Å². The first-order chi connectivity index (χ1) is 9.29. The molecule has 0 amide bonds. The Kier molecular flexibility index (Phi) is 3.98. The summed E-state index contributed by atoms with van der Waals surface area (Å²) in [5.74, 6) is -1.18. The molecule has 2 aromatic heterocycles. The minimum Gasteiger partial charge on any atom is -0.477 e. The molecule has 0 saturated carbocycles. The van der Waals surface area contributed by atoms with E-state index in [-0.39, 0.29) is 15.6 Å².